The molecular formula is C17H20N2O6S. The first-order chi connectivity index (χ1) is 12.3. The van der Waals surface area contributed by atoms with E-state index in [0.29, 0.717) is 18.4 Å². The number of hydrogen-bond acceptors (Lipinski definition) is 5. The minimum Gasteiger partial charge on any atom is -0.480 e. The highest BCUT2D eigenvalue weighted by atomic mass is 32.2. The number of aromatic nitrogens is 1. The molecule has 26 heavy (non-hydrogen) atoms. The molecule has 1 aromatic carbocycles. The highest BCUT2D eigenvalue weighted by Crippen LogP contribution is 2.42. The third-order valence-corrected chi connectivity index (χ3v) is 7.58. The lowest BCUT2D eigenvalue weighted by Crippen LogP contribution is -2.46. The van der Waals surface area contributed by atoms with E-state index in [4.69, 9.17) is 4.42 Å². The van der Waals surface area contributed by atoms with E-state index in [9.17, 15) is 23.1 Å². The minimum absolute atomic E-state index is 0.0446. The molecule has 1 saturated carbocycles. The van der Waals surface area contributed by atoms with E-state index in [-0.39, 0.29) is 22.4 Å². The predicted octanol–water partition coefficient (Wildman–Crippen LogP) is 1.54. The average molecular weight is 380 g/mol. The first-order valence-corrected chi connectivity index (χ1v) is 10.1. The molecule has 0 amide bonds. The first-order valence-electron chi connectivity index (χ1n) is 8.66. The van der Waals surface area contributed by atoms with Gasteiger partial charge in [0.1, 0.15) is 6.04 Å². The number of carboxylic acid groups (broad SMARTS) is 1. The zero-order valence-corrected chi connectivity index (χ0v) is 15.1. The van der Waals surface area contributed by atoms with Crippen molar-refractivity contribution in [3.05, 3.63) is 28.7 Å². The topological polar surface area (TPSA) is 110 Å². The van der Waals surface area contributed by atoms with Crippen molar-refractivity contribution in [1.82, 2.24) is 8.87 Å². The Morgan fingerprint density at radius 2 is 2.00 bits per heavy atom. The Kier molecular flexibility index (Phi) is 3.96. The minimum atomic E-state index is -4.02. The zero-order valence-electron chi connectivity index (χ0n) is 14.3. The number of fused-ring (bicyclic) bond motifs is 2. The second-order valence-corrected chi connectivity index (χ2v) is 8.94. The molecule has 9 heteroatoms. The third-order valence-electron chi connectivity index (χ3n) is 5.65. The summed E-state index contributed by atoms with van der Waals surface area (Å²) in [6.45, 7) is 0. The summed E-state index contributed by atoms with van der Waals surface area (Å²) in [6.07, 6.45) is 3.78. The molecule has 1 N–H and O–H groups in total. The van der Waals surface area contributed by atoms with Crippen LogP contribution in [0.15, 0.2) is 32.3 Å². The van der Waals surface area contributed by atoms with Crippen molar-refractivity contribution in [2.24, 2.45) is 13.0 Å². The zero-order chi connectivity index (χ0) is 18.6. The molecule has 2 aliphatic rings. The average Bonchev–Trinajstić information content (AvgIpc) is 3.13. The molecule has 1 aliphatic carbocycles. The lowest BCUT2D eigenvalue weighted by Gasteiger charge is -2.32. The van der Waals surface area contributed by atoms with Gasteiger partial charge in [-0.3, -0.25) is 9.36 Å². The van der Waals surface area contributed by atoms with Crippen molar-refractivity contribution in [2.45, 2.75) is 49.1 Å². The molecule has 3 atom stereocenters. The number of aryl methyl sites for hydroxylation is 1. The van der Waals surface area contributed by atoms with Gasteiger partial charge < -0.3 is 9.52 Å². The van der Waals surface area contributed by atoms with Crippen LogP contribution in [0, 0.1) is 5.92 Å². The molecule has 3 unspecified atom stereocenters. The van der Waals surface area contributed by atoms with E-state index < -0.39 is 27.8 Å². The monoisotopic (exact) mass is 380 g/mol. The second-order valence-electron chi connectivity index (χ2n) is 7.09. The molecular weight excluding hydrogens is 360 g/mol. The Morgan fingerprint density at radius 1 is 1.27 bits per heavy atom. The SMILES string of the molecule is Cn1c(=O)oc2cc(S(=O)(=O)N3C(C(=O)O)CC4CCCCC43)ccc21. The standard InChI is InChI=1S/C17H20N2O6S/c1-18-13-7-6-11(9-15(13)25-17(18)22)26(23,24)19-12-5-3-2-4-10(12)8-14(19)16(20)21/h6-7,9-10,12,14H,2-5,8H2,1H3,(H,20,21). The summed E-state index contributed by atoms with van der Waals surface area (Å²) >= 11 is 0. The van der Waals surface area contributed by atoms with Crippen LogP contribution in [0.4, 0.5) is 0 Å². The van der Waals surface area contributed by atoms with Gasteiger partial charge in [0.25, 0.3) is 0 Å². The molecule has 1 aromatic heterocycles. The van der Waals surface area contributed by atoms with Gasteiger partial charge in [-0.2, -0.15) is 4.31 Å². The van der Waals surface area contributed by atoms with Crippen LogP contribution in [-0.4, -0.2) is 40.4 Å². The highest BCUT2D eigenvalue weighted by molar-refractivity contribution is 7.89. The van der Waals surface area contributed by atoms with Gasteiger partial charge in [0, 0.05) is 19.2 Å². The van der Waals surface area contributed by atoms with Crippen molar-refractivity contribution in [3.8, 4) is 0 Å². The molecule has 0 radical (unpaired) electrons. The number of benzene rings is 1. The summed E-state index contributed by atoms with van der Waals surface area (Å²) in [6, 6.07) is 2.89. The number of hydrogen-bond donors (Lipinski definition) is 1. The van der Waals surface area contributed by atoms with Gasteiger partial charge in [-0.05, 0) is 37.3 Å². The van der Waals surface area contributed by atoms with Crippen molar-refractivity contribution in [2.75, 3.05) is 0 Å². The first kappa shape index (κ1) is 17.3. The molecule has 0 spiro atoms. The Labute approximate surface area is 150 Å². The molecule has 0 bridgehead atoms. The van der Waals surface area contributed by atoms with Crippen molar-refractivity contribution in [3.63, 3.8) is 0 Å². The fourth-order valence-corrected chi connectivity index (χ4v) is 6.26. The largest absolute Gasteiger partial charge is 0.480 e. The molecule has 1 saturated heterocycles. The summed E-state index contributed by atoms with van der Waals surface area (Å²) in [7, 11) is -2.48. The smallest absolute Gasteiger partial charge is 0.419 e. The Morgan fingerprint density at radius 3 is 2.73 bits per heavy atom. The molecule has 8 nitrogen and oxygen atoms in total. The van der Waals surface area contributed by atoms with Gasteiger partial charge in [0.2, 0.25) is 10.0 Å². The second kappa shape index (κ2) is 5.95. The number of aliphatic carboxylic acids is 1. The number of carbonyl (C=O) groups is 1. The maximum absolute atomic E-state index is 13.3. The van der Waals surface area contributed by atoms with Gasteiger partial charge >= 0.3 is 11.7 Å². The fourth-order valence-electron chi connectivity index (χ4n) is 4.37. The quantitative estimate of drug-likeness (QED) is 0.865. The molecule has 2 aromatic rings. The van der Waals surface area contributed by atoms with Crippen LogP contribution in [0.25, 0.3) is 11.1 Å². The van der Waals surface area contributed by atoms with Crippen LogP contribution in [0.1, 0.15) is 32.1 Å². The van der Waals surface area contributed by atoms with Crippen LogP contribution < -0.4 is 5.76 Å². The van der Waals surface area contributed by atoms with E-state index in [1.165, 1.54) is 34.1 Å². The van der Waals surface area contributed by atoms with Crippen LogP contribution >= 0.6 is 0 Å². The number of oxazole rings is 1. The lowest BCUT2D eigenvalue weighted by atomic mass is 9.85. The van der Waals surface area contributed by atoms with Gasteiger partial charge in [0.15, 0.2) is 5.58 Å². The summed E-state index contributed by atoms with van der Waals surface area (Å²) in [4.78, 5) is 23.3. The number of rotatable bonds is 3. The number of carboxylic acids is 1. The maximum atomic E-state index is 13.3. The molecule has 2 heterocycles. The number of nitrogens with zero attached hydrogens (tertiary/aromatic N) is 2. The van der Waals surface area contributed by atoms with Gasteiger partial charge in [-0.1, -0.05) is 12.8 Å². The summed E-state index contributed by atoms with van der Waals surface area (Å²) in [5, 5.41) is 9.58. The maximum Gasteiger partial charge on any atom is 0.419 e. The van der Waals surface area contributed by atoms with Crippen molar-refractivity contribution in [1.29, 1.82) is 0 Å². The molecule has 140 valence electrons. The van der Waals surface area contributed by atoms with E-state index >= 15 is 0 Å². The van der Waals surface area contributed by atoms with E-state index in [0.717, 1.165) is 19.3 Å². The Bertz CT molecular complexity index is 1040. The fraction of sp³-hybridized carbons (Fsp3) is 0.529. The van der Waals surface area contributed by atoms with E-state index in [1.54, 1.807) is 0 Å². The molecule has 2 fully saturated rings. The molecule has 1 aliphatic heterocycles. The van der Waals surface area contributed by atoms with Crippen molar-refractivity contribution < 1.29 is 22.7 Å². The van der Waals surface area contributed by atoms with Crippen LogP contribution in [0.5, 0.6) is 0 Å². The van der Waals surface area contributed by atoms with E-state index in [2.05, 4.69) is 0 Å². The highest BCUT2D eigenvalue weighted by Gasteiger charge is 2.51. The lowest BCUT2D eigenvalue weighted by molar-refractivity contribution is -0.141. The van der Waals surface area contributed by atoms with E-state index in [1.807, 2.05) is 0 Å². The normalized spacial score (nSPS) is 26.9. The summed E-state index contributed by atoms with van der Waals surface area (Å²) < 4.78 is 34.1. The number of sulfonamides is 1. The van der Waals surface area contributed by atoms with Crippen molar-refractivity contribution >= 4 is 27.1 Å². The van der Waals surface area contributed by atoms with Gasteiger partial charge in [-0.25, -0.2) is 13.2 Å². The van der Waals surface area contributed by atoms with Gasteiger partial charge in [-0.15, -0.1) is 0 Å². The van der Waals surface area contributed by atoms with Crippen LogP contribution in [-0.2, 0) is 21.9 Å². The summed E-state index contributed by atoms with van der Waals surface area (Å²) in [5.74, 6) is -1.61. The molecule has 4 rings (SSSR count). The Balaban J connectivity index is 1.81. The van der Waals surface area contributed by atoms with Crippen LogP contribution in [0.3, 0.4) is 0 Å². The summed E-state index contributed by atoms with van der Waals surface area (Å²) in [5.41, 5.74) is 0.658. The predicted molar refractivity (Wildman–Crippen MR) is 92.3 cm³/mol. The van der Waals surface area contributed by atoms with Gasteiger partial charge in [0.05, 0.1) is 10.4 Å². The third kappa shape index (κ3) is 2.49. The van der Waals surface area contributed by atoms with Crippen LogP contribution in [0.2, 0.25) is 0 Å². The Hall–Kier alpha value is -2.13.